The molecular formula is C19H20FNO. The molecule has 0 bridgehead atoms. The molecule has 1 amide bonds. The molecule has 2 aromatic carbocycles. The molecule has 114 valence electrons. The van der Waals surface area contributed by atoms with Crippen LogP contribution in [0.5, 0.6) is 0 Å². The van der Waals surface area contributed by atoms with Gasteiger partial charge in [-0.25, -0.2) is 4.39 Å². The van der Waals surface area contributed by atoms with Crippen molar-refractivity contribution < 1.29 is 9.18 Å². The van der Waals surface area contributed by atoms with Crippen molar-refractivity contribution in [3.8, 4) is 0 Å². The van der Waals surface area contributed by atoms with E-state index in [-0.39, 0.29) is 5.82 Å². The van der Waals surface area contributed by atoms with Gasteiger partial charge in [0.05, 0.1) is 11.2 Å². The average Bonchev–Trinajstić information content (AvgIpc) is 3.03. The fourth-order valence-corrected chi connectivity index (χ4v) is 3.57. The number of halogens is 1. The Hall–Kier alpha value is -2.16. The van der Waals surface area contributed by atoms with E-state index >= 15 is 0 Å². The highest BCUT2D eigenvalue weighted by atomic mass is 19.1. The Kier molecular flexibility index (Phi) is 3.97. The summed E-state index contributed by atoms with van der Waals surface area (Å²) in [5.41, 5.74) is 1.98. The van der Waals surface area contributed by atoms with E-state index in [0.717, 1.165) is 43.2 Å². The molecule has 0 N–H and O–H groups in total. The van der Waals surface area contributed by atoms with Crippen molar-refractivity contribution in [2.75, 3.05) is 4.90 Å². The molecule has 0 saturated heterocycles. The summed E-state index contributed by atoms with van der Waals surface area (Å²) >= 11 is 0. The summed E-state index contributed by atoms with van der Waals surface area (Å²) in [7, 11) is 0. The van der Waals surface area contributed by atoms with E-state index in [0.29, 0.717) is 5.69 Å². The van der Waals surface area contributed by atoms with Gasteiger partial charge >= 0.3 is 0 Å². The van der Waals surface area contributed by atoms with Crippen LogP contribution in [0.3, 0.4) is 0 Å². The second-order valence-corrected chi connectivity index (χ2v) is 6.03. The van der Waals surface area contributed by atoms with Crippen molar-refractivity contribution in [2.24, 2.45) is 0 Å². The molecule has 1 aliphatic carbocycles. The van der Waals surface area contributed by atoms with Gasteiger partial charge < -0.3 is 4.90 Å². The van der Waals surface area contributed by atoms with Crippen LogP contribution in [-0.4, -0.2) is 6.41 Å². The van der Waals surface area contributed by atoms with Gasteiger partial charge in [0.25, 0.3) is 0 Å². The Balaban J connectivity index is 2.14. The Morgan fingerprint density at radius 2 is 1.77 bits per heavy atom. The normalized spacial score (nSPS) is 16.5. The van der Waals surface area contributed by atoms with Crippen LogP contribution in [0.4, 0.5) is 10.1 Å². The number of rotatable bonds is 4. The van der Waals surface area contributed by atoms with Crippen molar-refractivity contribution in [1.82, 2.24) is 0 Å². The van der Waals surface area contributed by atoms with Crippen LogP contribution in [0, 0.1) is 12.7 Å². The summed E-state index contributed by atoms with van der Waals surface area (Å²) in [6.07, 6.45) is 4.61. The molecule has 0 aromatic heterocycles. The minimum absolute atomic E-state index is 0.347. The predicted molar refractivity (Wildman–Crippen MR) is 86.3 cm³/mol. The monoisotopic (exact) mass is 297 g/mol. The van der Waals surface area contributed by atoms with E-state index in [9.17, 15) is 9.18 Å². The van der Waals surface area contributed by atoms with Crippen LogP contribution in [0.1, 0.15) is 36.8 Å². The molecular weight excluding hydrogens is 277 g/mol. The van der Waals surface area contributed by atoms with Crippen molar-refractivity contribution in [1.29, 1.82) is 0 Å². The molecule has 3 heteroatoms. The molecule has 0 radical (unpaired) electrons. The van der Waals surface area contributed by atoms with Gasteiger partial charge in [0, 0.05) is 0 Å². The number of benzene rings is 2. The molecule has 0 aliphatic heterocycles. The molecule has 0 spiro atoms. The lowest BCUT2D eigenvalue weighted by Gasteiger charge is -2.39. The fraction of sp³-hybridized carbons (Fsp3) is 0.316. The van der Waals surface area contributed by atoms with Crippen LogP contribution in [0.15, 0.2) is 48.5 Å². The van der Waals surface area contributed by atoms with Gasteiger partial charge in [-0.1, -0.05) is 49.2 Å². The maximum Gasteiger partial charge on any atom is 0.215 e. The minimum Gasteiger partial charge on any atom is -0.302 e. The molecule has 1 aliphatic rings. The van der Waals surface area contributed by atoms with Crippen molar-refractivity contribution >= 4 is 12.1 Å². The summed E-state index contributed by atoms with van der Waals surface area (Å²) in [4.78, 5) is 13.5. The first-order valence-electron chi connectivity index (χ1n) is 7.74. The number of aryl methyl sites for hydroxylation is 1. The third kappa shape index (κ3) is 2.41. The van der Waals surface area contributed by atoms with Crippen molar-refractivity contribution in [2.45, 2.75) is 38.1 Å². The smallest absolute Gasteiger partial charge is 0.215 e. The van der Waals surface area contributed by atoms with Gasteiger partial charge in [-0.2, -0.15) is 0 Å². The molecule has 2 nitrogen and oxygen atoms in total. The van der Waals surface area contributed by atoms with E-state index in [1.165, 1.54) is 6.07 Å². The predicted octanol–water partition coefficient (Wildman–Crippen LogP) is 4.57. The van der Waals surface area contributed by atoms with E-state index in [2.05, 4.69) is 0 Å². The SMILES string of the molecule is Cc1ccc(F)c(N(C=O)C2(c3ccccc3)CCCC2)c1. The lowest BCUT2D eigenvalue weighted by atomic mass is 9.86. The van der Waals surface area contributed by atoms with E-state index < -0.39 is 5.54 Å². The Morgan fingerprint density at radius 3 is 2.41 bits per heavy atom. The molecule has 0 heterocycles. The highest BCUT2D eigenvalue weighted by Crippen LogP contribution is 2.45. The molecule has 2 aromatic rings. The van der Waals surface area contributed by atoms with Crippen LogP contribution in [-0.2, 0) is 10.3 Å². The molecule has 1 fully saturated rings. The van der Waals surface area contributed by atoms with Gasteiger partial charge in [0.2, 0.25) is 6.41 Å². The zero-order valence-corrected chi connectivity index (χ0v) is 12.8. The number of hydrogen-bond donors (Lipinski definition) is 0. The number of amides is 1. The lowest BCUT2D eigenvalue weighted by Crippen LogP contribution is -2.44. The first kappa shape index (κ1) is 14.8. The maximum atomic E-state index is 14.3. The second kappa shape index (κ2) is 5.91. The summed E-state index contributed by atoms with van der Waals surface area (Å²) < 4.78 is 14.3. The fourth-order valence-electron chi connectivity index (χ4n) is 3.57. The van der Waals surface area contributed by atoms with Gasteiger partial charge in [-0.15, -0.1) is 0 Å². The van der Waals surface area contributed by atoms with Crippen LogP contribution < -0.4 is 4.90 Å². The van der Waals surface area contributed by atoms with E-state index in [1.54, 1.807) is 17.0 Å². The molecule has 0 atom stereocenters. The van der Waals surface area contributed by atoms with E-state index in [1.807, 2.05) is 37.3 Å². The first-order chi connectivity index (χ1) is 10.7. The van der Waals surface area contributed by atoms with Gasteiger partial charge in [0.1, 0.15) is 5.82 Å². The summed E-state index contributed by atoms with van der Waals surface area (Å²) in [6.45, 7) is 1.91. The first-order valence-corrected chi connectivity index (χ1v) is 7.74. The van der Waals surface area contributed by atoms with Crippen LogP contribution in [0.25, 0.3) is 0 Å². The summed E-state index contributed by atoms with van der Waals surface area (Å²) in [6, 6.07) is 14.9. The summed E-state index contributed by atoms with van der Waals surface area (Å²) in [5.74, 6) is -0.347. The molecule has 1 saturated carbocycles. The second-order valence-electron chi connectivity index (χ2n) is 6.03. The highest BCUT2D eigenvalue weighted by Gasteiger charge is 2.42. The number of nitrogens with zero attached hydrogens (tertiary/aromatic N) is 1. The maximum absolute atomic E-state index is 14.3. The Labute approximate surface area is 130 Å². The molecule has 3 rings (SSSR count). The Bertz CT molecular complexity index is 662. The van der Waals surface area contributed by atoms with E-state index in [4.69, 9.17) is 0 Å². The zero-order valence-electron chi connectivity index (χ0n) is 12.8. The Morgan fingerprint density at radius 1 is 1.09 bits per heavy atom. The van der Waals surface area contributed by atoms with Crippen molar-refractivity contribution in [3.05, 3.63) is 65.5 Å². The zero-order chi connectivity index (χ0) is 15.6. The topological polar surface area (TPSA) is 20.3 Å². The number of hydrogen-bond acceptors (Lipinski definition) is 1. The minimum atomic E-state index is -0.433. The number of anilines is 1. The van der Waals surface area contributed by atoms with Crippen LogP contribution in [0.2, 0.25) is 0 Å². The largest absolute Gasteiger partial charge is 0.302 e. The number of carbonyl (C=O) groups is 1. The highest BCUT2D eigenvalue weighted by molar-refractivity contribution is 5.79. The van der Waals surface area contributed by atoms with Gasteiger partial charge in [-0.3, -0.25) is 4.79 Å². The quantitative estimate of drug-likeness (QED) is 0.757. The third-order valence-electron chi connectivity index (χ3n) is 4.67. The standard InChI is InChI=1S/C19H20FNO/c1-15-9-10-17(20)18(13-15)21(14-22)19(11-5-6-12-19)16-7-3-2-4-8-16/h2-4,7-10,13-14H,5-6,11-12H2,1H3. The number of carbonyl (C=O) groups excluding carboxylic acids is 1. The van der Waals surface area contributed by atoms with Gasteiger partial charge in [-0.05, 0) is 43.0 Å². The average molecular weight is 297 g/mol. The summed E-state index contributed by atoms with van der Waals surface area (Å²) in [5, 5.41) is 0. The van der Waals surface area contributed by atoms with Gasteiger partial charge in [0.15, 0.2) is 0 Å². The van der Waals surface area contributed by atoms with Crippen molar-refractivity contribution in [3.63, 3.8) is 0 Å². The molecule has 0 unspecified atom stereocenters. The molecule has 22 heavy (non-hydrogen) atoms. The lowest BCUT2D eigenvalue weighted by molar-refractivity contribution is -0.108. The third-order valence-corrected chi connectivity index (χ3v) is 4.67. The van der Waals surface area contributed by atoms with Crippen LogP contribution >= 0.6 is 0 Å².